The first-order chi connectivity index (χ1) is 11.6. The van der Waals surface area contributed by atoms with Gasteiger partial charge in [-0.2, -0.15) is 9.78 Å². The number of nitrogens with two attached hydrogens (primary N) is 1. The van der Waals surface area contributed by atoms with Crippen LogP contribution in [0.5, 0.6) is 0 Å². The van der Waals surface area contributed by atoms with Gasteiger partial charge in [0.2, 0.25) is 0 Å². The number of hydrogen-bond donors (Lipinski definition) is 2. The minimum absolute atomic E-state index is 0.203. The van der Waals surface area contributed by atoms with Crippen LogP contribution in [0.1, 0.15) is 41.0 Å². The van der Waals surface area contributed by atoms with Crippen molar-refractivity contribution < 1.29 is 4.79 Å². The lowest BCUT2D eigenvalue weighted by molar-refractivity contribution is 0.102. The molecule has 0 spiro atoms. The van der Waals surface area contributed by atoms with E-state index in [0.717, 1.165) is 5.69 Å². The molecule has 0 unspecified atom stereocenters. The van der Waals surface area contributed by atoms with Crippen molar-refractivity contribution in [1.29, 1.82) is 0 Å². The maximum absolute atomic E-state index is 12.4. The van der Waals surface area contributed by atoms with Crippen molar-refractivity contribution in [2.24, 2.45) is 5.73 Å². The first-order valence-electron chi connectivity index (χ1n) is 7.41. The van der Waals surface area contributed by atoms with Gasteiger partial charge in [0, 0.05) is 30.4 Å². The Bertz CT molecular complexity index is 841. The topological polar surface area (TPSA) is 112 Å². The Morgan fingerprint density at radius 3 is 2.75 bits per heavy atom. The molecule has 0 aliphatic rings. The van der Waals surface area contributed by atoms with Crippen molar-refractivity contribution in [2.45, 2.75) is 26.3 Å². The predicted molar refractivity (Wildman–Crippen MR) is 91.2 cm³/mol. The average molecular weight is 343 g/mol. The van der Waals surface area contributed by atoms with Crippen molar-refractivity contribution in [2.75, 3.05) is 5.32 Å². The monoisotopic (exact) mass is 343 g/mol. The average Bonchev–Trinajstić information content (AvgIpc) is 3.22. The Hall–Kier alpha value is -2.65. The molecule has 0 radical (unpaired) electrons. The number of carbonyl (C=O) groups is 1. The molecule has 0 aromatic carbocycles. The number of aromatic nitrogens is 5. The van der Waals surface area contributed by atoms with Gasteiger partial charge in [0.25, 0.3) is 11.9 Å². The van der Waals surface area contributed by atoms with Crippen molar-refractivity contribution in [3.05, 3.63) is 46.3 Å². The summed E-state index contributed by atoms with van der Waals surface area (Å²) in [5.74, 6) is 0.768. The number of carbonyl (C=O) groups excluding carboxylic acids is 1. The van der Waals surface area contributed by atoms with Gasteiger partial charge in [-0.15, -0.1) is 11.3 Å². The molecular formula is C15H17N7OS. The van der Waals surface area contributed by atoms with E-state index in [4.69, 9.17) is 5.73 Å². The van der Waals surface area contributed by atoms with E-state index in [9.17, 15) is 4.79 Å². The van der Waals surface area contributed by atoms with Crippen molar-refractivity contribution >= 4 is 23.1 Å². The van der Waals surface area contributed by atoms with E-state index in [0.29, 0.717) is 29.0 Å². The lowest BCUT2D eigenvalue weighted by atomic mass is 10.1. The minimum atomic E-state index is -0.321. The first-order valence-corrected chi connectivity index (χ1v) is 8.29. The third kappa shape index (κ3) is 3.31. The molecule has 0 bridgehead atoms. The number of nitrogens with one attached hydrogen (secondary N) is 1. The van der Waals surface area contributed by atoms with E-state index >= 15 is 0 Å². The van der Waals surface area contributed by atoms with Crippen LogP contribution in [0.4, 0.5) is 5.82 Å². The summed E-state index contributed by atoms with van der Waals surface area (Å²) >= 11 is 1.36. The Morgan fingerprint density at radius 2 is 2.12 bits per heavy atom. The highest BCUT2D eigenvalue weighted by Gasteiger charge is 2.18. The zero-order valence-electron chi connectivity index (χ0n) is 13.3. The fraction of sp³-hybridized carbons (Fsp3) is 0.267. The van der Waals surface area contributed by atoms with Gasteiger partial charge in [-0.05, 0) is 12.0 Å². The van der Waals surface area contributed by atoms with Gasteiger partial charge in [0.05, 0.1) is 5.69 Å². The molecule has 0 atom stereocenters. The third-order valence-electron chi connectivity index (χ3n) is 3.26. The summed E-state index contributed by atoms with van der Waals surface area (Å²) in [6.45, 7) is 4.36. The van der Waals surface area contributed by atoms with E-state index in [1.165, 1.54) is 16.0 Å². The number of nitrogens with zero attached hydrogens (tertiary/aromatic N) is 5. The molecule has 1 amide bonds. The molecule has 24 heavy (non-hydrogen) atoms. The van der Waals surface area contributed by atoms with Crippen molar-refractivity contribution in [3.8, 4) is 5.95 Å². The molecule has 0 fully saturated rings. The molecule has 3 heterocycles. The summed E-state index contributed by atoms with van der Waals surface area (Å²) in [4.78, 5) is 25.0. The molecule has 3 aromatic heterocycles. The fourth-order valence-corrected chi connectivity index (χ4v) is 2.67. The smallest absolute Gasteiger partial charge is 0.276 e. The minimum Gasteiger partial charge on any atom is -0.325 e. The van der Waals surface area contributed by atoms with E-state index in [2.05, 4.69) is 25.4 Å². The molecule has 0 saturated heterocycles. The van der Waals surface area contributed by atoms with Crippen LogP contribution in [0.3, 0.4) is 0 Å². The largest absolute Gasteiger partial charge is 0.325 e. The molecular weight excluding hydrogens is 326 g/mol. The van der Waals surface area contributed by atoms with E-state index in [1.807, 2.05) is 19.9 Å². The quantitative estimate of drug-likeness (QED) is 0.732. The zero-order valence-corrected chi connectivity index (χ0v) is 14.1. The van der Waals surface area contributed by atoms with Crippen LogP contribution >= 0.6 is 11.3 Å². The predicted octanol–water partition coefficient (Wildman–Crippen LogP) is 1.95. The second-order valence-corrected chi connectivity index (χ2v) is 6.30. The Labute approximate surface area is 142 Å². The summed E-state index contributed by atoms with van der Waals surface area (Å²) in [7, 11) is 0. The number of thiazole rings is 1. The first kappa shape index (κ1) is 16.2. The highest BCUT2D eigenvalue weighted by Crippen LogP contribution is 2.21. The van der Waals surface area contributed by atoms with Gasteiger partial charge >= 0.3 is 0 Å². The van der Waals surface area contributed by atoms with E-state index < -0.39 is 0 Å². The van der Waals surface area contributed by atoms with E-state index in [1.54, 1.807) is 23.8 Å². The Kier molecular flexibility index (Phi) is 4.63. The van der Waals surface area contributed by atoms with Crippen LogP contribution < -0.4 is 11.1 Å². The van der Waals surface area contributed by atoms with Crippen LogP contribution in [-0.4, -0.2) is 30.6 Å². The highest BCUT2D eigenvalue weighted by atomic mass is 32.1. The van der Waals surface area contributed by atoms with Crippen molar-refractivity contribution in [3.63, 3.8) is 0 Å². The van der Waals surface area contributed by atoms with Crippen LogP contribution in [0.2, 0.25) is 0 Å². The molecule has 3 aromatic rings. The summed E-state index contributed by atoms with van der Waals surface area (Å²) < 4.78 is 1.52. The summed E-state index contributed by atoms with van der Waals surface area (Å²) in [6, 6.07) is 3.54. The molecule has 8 nitrogen and oxygen atoms in total. The number of hydrogen-bond acceptors (Lipinski definition) is 7. The van der Waals surface area contributed by atoms with Gasteiger partial charge in [-0.25, -0.2) is 15.0 Å². The van der Waals surface area contributed by atoms with E-state index in [-0.39, 0.29) is 11.8 Å². The molecule has 9 heteroatoms. The van der Waals surface area contributed by atoms with Gasteiger partial charge in [0.1, 0.15) is 16.5 Å². The maximum Gasteiger partial charge on any atom is 0.276 e. The molecule has 0 aliphatic heterocycles. The van der Waals surface area contributed by atoms with Crippen LogP contribution in [-0.2, 0) is 6.54 Å². The molecule has 124 valence electrons. The number of rotatable bonds is 5. The number of amides is 1. The summed E-state index contributed by atoms with van der Waals surface area (Å²) in [5.41, 5.74) is 6.70. The highest BCUT2D eigenvalue weighted by molar-refractivity contribution is 7.09. The van der Waals surface area contributed by atoms with Crippen LogP contribution in [0.15, 0.2) is 29.9 Å². The fourth-order valence-electron chi connectivity index (χ4n) is 2.01. The Morgan fingerprint density at radius 1 is 1.38 bits per heavy atom. The lowest BCUT2D eigenvalue weighted by Crippen LogP contribution is -2.16. The molecule has 3 N–H and O–H groups in total. The third-order valence-corrected chi connectivity index (χ3v) is 4.13. The second-order valence-electron chi connectivity index (χ2n) is 5.35. The standard InChI is InChI=1S/C15H17N7OS/c1-9(2)10-6-12(22(21-10)15-17-4-3-5-18-15)20-14(23)11-8-24-13(7-16)19-11/h3-6,8-9H,7,16H2,1-2H3,(H,20,23). The SMILES string of the molecule is CC(C)c1cc(NC(=O)c2csc(CN)n2)n(-c2ncccn2)n1. The normalized spacial score (nSPS) is 11.0. The Balaban J connectivity index is 1.93. The van der Waals surface area contributed by atoms with Crippen LogP contribution in [0.25, 0.3) is 5.95 Å². The number of anilines is 1. The van der Waals surface area contributed by atoms with Crippen molar-refractivity contribution in [1.82, 2.24) is 24.7 Å². The van der Waals surface area contributed by atoms with Gasteiger partial charge in [0.15, 0.2) is 0 Å². The second kappa shape index (κ2) is 6.85. The molecule has 0 saturated carbocycles. The van der Waals surface area contributed by atoms with Gasteiger partial charge in [-0.1, -0.05) is 13.8 Å². The molecule has 3 rings (SSSR count). The van der Waals surface area contributed by atoms with Crippen LogP contribution in [0, 0.1) is 0 Å². The lowest BCUT2D eigenvalue weighted by Gasteiger charge is -2.05. The maximum atomic E-state index is 12.4. The van der Waals surface area contributed by atoms with Gasteiger partial charge in [-0.3, -0.25) is 4.79 Å². The summed E-state index contributed by atoms with van der Waals surface area (Å²) in [5, 5.41) is 9.70. The molecule has 0 aliphatic carbocycles. The zero-order chi connectivity index (χ0) is 17.1. The van der Waals surface area contributed by atoms with Gasteiger partial charge < -0.3 is 11.1 Å². The summed E-state index contributed by atoms with van der Waals surface area (Å²) in [6.07, 6.45) is 3.25.